The molecule has 8 nitrogen and oxygen atoms in total. The topological polar surface area (TPSA) is 105 Å². The minimum Gasteiger partial charge on any atom is -0.445 e. The molecule has 1 saturated heterocycles. The van der Waals surface area contributed by atoms with Crippen molar-refractivity contribution in [2.75, 3.05) is 38.6 Å². The van der Waals surface area contributed by atoms with E-state index in [1.807, 2.05) is 37.3 Å². The Morgan fingerprint density at radius 3 is 2.82 bits per heavy atom. The largest absolute Gasteiger partial charge is 0.445 e. The summed E-state index contributed by atoms with van der Waals surface area (Å²) in [7, 11) is -3.54. The summed E-state index contributed by atoms with van der Waals surface area (Å²) in [5, 5.41) is 9.01. The van der Waals surface area contributed by atoms with E-state index in [4.69, 9.17) is 14.6 Å². The number of nitrogens with one attached hydrogen (secondary N) is 1. The predicted molar refractivity (Wildman–Crippen MR) is 105 cm³/mol. The maximum Gasteiger partial charge on any atom is 0.410 e. The van der Waals surface area contributed by atoms with E-state index in [0.29, 0.717) is 13.0 Å². The van der Waals surface area contributed by atoms with Gasteiger partial charge in [-0.25, -0.2) is 17.9 Å². The van der Waals surface area contributed by atoms with Gasteiger partial charge in [0.25, 0.3) is 0 Å². The van der Waals surface area contributed by atoms with Gasteiger partial charge in [0.1, 0.15) is 6.61 Å². The van der Waals surface area contributed by atoms with Crippen LogP contribution in [0.3, 0.4) is 0 Å². The van der Waals surface area contributed by atoms with E-state index in [9.17, 15) is 13.2 Å². The standard InChI is InChI=1S/C19H30N2O6S/c1-2-16(8-10-22)12-20-28(24,25)15-18-13-21(9-11-26-18)19(23)27-14-17-6-4-3-5-7-17/h3-7,16,18,20,22H,2,8-15H2,1H3/t16-,18-/m0/s1. The third-order valence-corrected chi connectivity index (χ3v) is 6.13. The average Bonchev–Trinajstić information content (AvgIpc) is 2.70. The van der Waals surface area contributed by atoms with Crippen molar-refractivity contribution in [3.63, 3.8) is 0 Å². The summed E-state index contributed by atoms with van der Waals surface area (Å²) in [5.74, 6) is -0.123. The summed E-state index contributed by atoms with van der Waals surface area (Å²) in [6.07, 6.45) is 0.259. The fourth-order valence-corrected chi connectivity index (χ4v) is 4.28. The van der Waals surface area contributed by atoms with E-state index in [2.05, 4.69) is 4.72 Å². The van der Waals surface area contributed by atoms with E-state index in [-0.39, 0.29) is 44.6 Å². The number of amides is 1. The van der Waals surface area contributed by atoms with Crippen molar-refractivity contribution >= 4 is 16.1 Å². The Labute approximate surface area is 166 Å². The van der Waals surface area contributed by atoms with Gasteiger partial charge in [-0.15, -0.1) is 0 Å². The lowest BCUT2D eigenvalue weighted by Gasteiger charge is -2.32. The summed E-state index contributed by atoms with van der Waals surface area (Å²) in [6.45, 7) is 3.25. The van der Waals surface area contributed by atoms with Crippen molar-refractivity contribution in [1.29, 1.82) is 0 Å². The molecule has 28 heavy (non-hydrogen) atoms. The third kappa shape index (κ3) is 7.75. The Kier molecular flexibility index (Phi) is 9.17. The molecule has 0 aliphatic carbocycles. The molecule has 0 unspecified atom stereocenters. The molecule has 1 aromatic carbocycles. The SMILES string of the molecule is CC[C@@H](CCO)CNS(=O)(=O)C[C@@H]1CN(C(=O)OCc2ccccc2)CCO1. The third-order valence-electron chi connectivity index (χ3n) is 4.71. The lowest BCUT2D eigenvalue weighted by Crippen LogP contribution is -2.49. The molecule has 1 aliphatic rings. The van der Waals surface area contributed by atoms with E-state index >= 15 is 0 Å². The van der Waals surface area contributed by atoms with Crippen molar-refractivity contribution in [2.24, 2.45) is 5.92 Å². The predicted octanol–water partition coefficient (Wildman–Crippen LogP) is 1.35. The molecule has 9 heteroatoms. The maximum absolute atomic E-state index is 12.3. The van der Waals surface area contributed by atoms with Crippen LogP contribution in [0.25, 0.3) is 0 Å². The van der Waals surface area contributed by atoms with Gasteiger partial charge in [-0.2, -0.15) is 0 Å². The number of rotatable bonds is 10. The maximum atomic E-state index is 12.3. The molecule has 2 N–H and O–H groups in total. The lowest BCUT2D eigenvalue weighted by atomic mass is 10.0. The number of carbonyl (C=O) groups excluding carboxylic acids is 1. The fraction of sp³-hybridized carbons (Fsp3) is 0.632. The van der Waals surface area contributed by atoms with Crippen molar-refractivity contribution in [1.82, 2.24) is 9.62 Å². The number of aliphatic hydroxyl groups excluding tert-OH is 1. The molecule has 0 aromatic heterocycles. The highest BCUT2D eigenvalue weighted by Crippen LogP contribution is 2.11. The van der Waals surface area contributed by atoms with E-state index in [1.54, 1.807) is 0 Å². The number of nitrogens with zero attached hydrogens (tertiary/aromatic N) is 1. The molecule has 1 heterocycles. The van der Waals surface area contributed by atoms with Gasteiger partial charge in [0.05, 0.1) is 25.0 Å². The van der Waals surface area contributed by atoms with E-state index < -0.39 is 22.2 Å². The summed E-state index contributed by atoms with van der Waals surface area (Å²) in [6, 6.07) is 9.37. The number of carbonyl (C=O) groups is 1. The van der Waals surface area contributed by atoms with Gasteiger partial charge in [0, 0.05) is 19.7 Å². The van der Waals surface area contributed by atoms with Gasteiger partial charge in [0.2, 0.25) is 10.0 Å². The van der Waals surface area contributed by atoms with Crippen molar-refractivity contribution < 1.29 is 27.8 Å². The van der Waals surface area contributed by atoms with Crippen LogP contribution in [0.2, 0.25) is 0 Å². The molecule has 1 fully saturated rings. The minimum atomic E-state index is -3.54. The van der Waals surface area contributed by atoms with Crippen LogP contribution in [0.4, 0.5) is 4.79 Å². The quantitative estimate of drug-likeness (QED) is 0.599. The zero-order valence-electron chi connectivity index (χ0n) is 16.2. The Morgan fingerprint density at radius 2 is 2.14 bits per heavy atom. The summed E-state index contributed by atoms with van der Waals surface area (Å²) >= 11 is 0. The molecule has 0 radical (unpaired) electrons. The second kappa shape index (κ2) is 11.4. The van der Waals surface area contributed by atoms with Crippen molar-refractivity contribution in [3.05, 3.63) is 35.9 Å². The van der Waals surface area contributed by atoms with Crippen LogP contribution in [-0.2, 0) is 26.1 Å². The summed E-state index contributed by atoms with van der Waals surface area (Å²) in [4.78, 5) is 13.7. The molecule has 0 saturated carbocycles. The van der Waals surface area contributed by atoms with Crippen LogP contribution in [0, 0.1) is 5.92 Å². The monoisotopic (exact) mass is 414 g/mol. The van der Waals surface area contributed by atoms with Crippen LogP contribution in [0.15, 0.2) is 30.3 Å². The summed E-state index contributed by atoms with van der Waals surface area (Å²) < 4.78 is 38.1. The van der Waals surface area contributed by atoms with E-state index in [0.717, 1.165) is 12.0 Å². The molecule has 2 atom stereocenters. The fourth-order valence-electron chi connectivity index (χ4n) is 2.98. The molecule has 1 aliphatic heterocycles. The van der Waals surface area contributed by atoms with Gasteiger partial charge < -0.3 is 19.5 Å². The first-order valence-corrected chi connectivity index (χ1v) is 11.2. The van der Waals surface area contributed by atoms with Crippen LogP contribution < -0.4 is 4.72 Å². The Bertz CT molecular complexity index is 698. The number of hydrogen-bond acceptors (Lipinski definition) is 6. The first-order valence-electron chi connectivity index (χ1n) is 9.59. The highest BCUT2D eigenvalue weighted by molar-refractivity contribution is 7.89. The lowest BCUT2D eigenvalue weighted by molar-refractivity contribution is -0.0179. The van der Waals surface area contributed by atoms with Crippen LogP contribution in [0.5, 0.6) is 0 Å². The number of aliphatic hydroxyl groups is 1. The number of sulfonamides is 1. The number of hydrogen-bond donors (Lipinski definition) is 2. The molecule has 2 rings (SSSR count). The molecule has 1 amide bonds. The first-order chi connectivity index (χ1) is 13.4. The van der Waals surface area contributed by atoms with Crippen LogP contribution in [-0.4, -0.2) is 69.2 Å². The molecule has 158 valence electrons. The molecular weight excluding hydrogens is 384 g/mol. The molecule has 0 spiro atoms. The van der Waals surface area contributed by atoms with Gasteiger partial charge in [0.15, 0.2) is 0 Å². The van der Waals surface area contributed by atoms with Crippen LogP contribution >= 0.6 is 0 Å². The zero-order valence-corrected chi connectivity index (χ0v) is 17.1. The van der Waals surface area contributed by atoms with Gasteiger partial charge in [-0.1, -0.05) is 43.7 Å². The van der Waals surface area contributed by atoms with Crippen molar-refractivity contribution in [3.8, 4) is 0 Å². The Balaban J connectivity index is 1.80. The molecule has 1 aromatic rings. The Morgan fingerprint density at radius 1 is 1.39 bits per heavy atom. The second-order valence-corrected chi connectivity index (χ2v) is 8.75. The normalized spacial score (nSPS) is 18.6. The van der Waals surface area contributed by atoms with Crippen molar-refractivity contribution in [2.45, 2.75) is 32.5 Å². The van der Waals surface area contributed by atoms with Gasteiger partial charge >= 0.3 is 6.09 Å². The smallest absolute Gasteiger partial charge is 0.410 e. The Hall–Kier alpha value is -1.68. The zero-order chi connectivity index (χ0) is 20.4. The second-order valence-electron chi connectivity index (χ2n) is 6.90. The number of morpholine rings is 1. The number of benzene rings is 1. The average molecular weight is 415 g/mol. The van der Waals surface area contributed by atoms with Gasteiger partial charge in [-0.05, 0) is 17.9 Å². The van der Waals surface area contributed by atoms with Gasteiger partial charge in [-0.3, -0.25) is 0 Å². The first kappa shape index (κ1) is 22.6. The highest BCUT2D eigenvalue weighted by atomic mass is 32.2. The number of ether oxygens (including phenoxy) is 2. The summed E-state index contributed by atoms with van der Waals surface area (Å²) in [5.41, 5.74) is 0.890. The van der Waals surface area contributed by atoms with Crippen LogP contribution in [0.1, 0.15) is 25.3 Å². The molecule has 0 bridgehead atoms. The van der Waals surface area contributed by atoms with E-state index in [1.165, 1.54) is 4.90 Å². The highest BCUT2D eigenvalue weighted by Gasteiger charge is 2.29. The molecular formula is C19H30N2O6S. The minimum absolute atomic E-state index is 0.0338.